The Bertz CT molecular complexity index is 191. The van der Waals surface area contributed by atoms with Gasteiger partial charge in [0.05, 0.1) is 0 Å². The third-order valence-electron chi connectivity index (χ3n) is 3.65. The summed E-state index contributed by atoms with van der Waals surface area (Å²) >= 11 is 0. The fourth-order valence-electron chi connectivity index (χ4n) is 2.64. The van der Waals surface area contributed by atoms with E-state index in [4.69, 9.17) is 5.73 Å². The van der Waals surface area contributed by atoms with E-state index >= 15 is 0 Å². The number of hydrogen-bond acceptors (Lipinski definition) is 1. The highest BCUT2D eigenvalue weighted by molar-refractivity contribution is 5.02. The highest BCUT2D eigenvalue weighted by Crippen LogP contribution is 2.52. The Morgan fingerprint density at radius 2 is 2.00 bits per heavy atom. The number of hydrogen-bond donors (Lipinski definition) is 1. The molecule has 1 unspecified atom stereocenters. The molecule has 3 heteroatoms. The van der Waals surface area contributed by atoms with Gasteiger partial charge in [0.15, 0.2) is 0 Å². The van der Waals surface area contributed by atoms with Gasteiger partial charge in [0.2, 0.25) is 5.92 Å². The lowest BCUT2D eigenvalue weighted by Gasteiger charge is -2.36. The van der Waals surface area contributed by atoms with Gasteiger partial charge < -0.3 is 5.73 Å². The van der Waals surface area contributed by atoms with Crippen molar-refractivity contribution in [2.75, 3.05) is 0 Å². The Balaban J connectivity index is 2.89. The first-order valence-electron chi connectivity index (χ1n) is 4.97. The van der Waals surface area contributed by atoms with Crippen LogP contribution in [0.25, 0.3) is 0 Å². The molecule has 0 saturated heterocycles. The van der Waals surface area contributed by atoms with Gasteiger partial charge in [0, 0.05) is 18.9 Å². The van der Waals surface area contributed by atoms with E-state index in [0.717, 1.165) is 6.42 Å². The molecule has 1 aliphatic rings. The quantitative estimate of drug-likeness (QED) is 0.713. The van der Waals surface area contributed by atoms with E-state index in [2.05, 4.69) is 0 Å². The van der Waals surface area contributed by atoms with Crippen molar-refractivity contribution in [1.29, 1.82) is 0 Å². The second-order valence-corrected chi connectivity index (χ2v) is 4.58. The molecule has 0 heterocycles. The Morgan fingerprint density at radius 1 is 1.46 bits per heavy atom. The molecule has 0 amide bonds. The van der Waals surface area contributed by atoms with Crippen LogP contribution in [0.4, 0.5) is 8.78 Å². The zero-order chi connectivity index (χ0) is 10.3. The predicted octanol–water partition coefficient (Wildman–Crippen LogP) is 2.80. The van der Waals surface area contributed by atoms with Crippen molar-refractivity contribution < 1.29 is 8.78 Å². The van der Waals surface area contributed by atoms with E-state index in [9.17, 15) is 8.78 Å². The summed E-state index contributed by atoms with van der Waals surface area (Å²) in [5.74, 6) is -2.31. The lowest BCUT2D eigenvalue weighted by atomic mass is 9.71. The van der Waals surface area contributed by atoms with Gasteiger partial charge >= 0.3 is 0 Å². The summed E-state index contributed by atoms with van der Waals surface area (Å²) in [5, 5.41) is 0. The van der Waals surface area contributed by atoms with Gasteiger partial charge in [-0.2, -0.15) is 0 Å². The van der Waals surface area contributed by atoms with Crippen LogP contribution >= 0.6 is 0 Å². The molecule has 0 aromatic heterocycles. The van der Waals surface area contributed by atoms with Crippen molar-refractivity contribution in [3.05, 3.63) is 0 Å². The molecule has 13 heavy (non-hydrogen) atoms. The van der Waals surface area contributed by atoms with Crippen LogP contribution in [-0.4, -0.2) is 12.0 Å². The Morgan fingerprint density at radius 3 is 2.15 bits per heavy atom. The lowest BCUT2D eigenvalue weighted by Crippen LogP contribution is -2.40. The van der Waals surface area contributed by atoms with Gasteiger partial charge in [-0.15, -0.1) is 0 Å². The van der Waals surface area contributed by atoms with Crippen LogP contribution in [0, 0.1) is 11.3 Å². The fraction of sp³-hybridized carbons (Fsp3) is 1.00. The molecule has 1 fully saturated rings. The third-order valence-corrected chi connectivity index (χ3v) is 3.65. The molecule has 0 spiro atoms. The van der Waals surface area contributed by atoms with Crippen LogP contribution < -0.4 is 5.73 Å². The minimum Gasteiger partial charge on any atom is -0.327 e. The molecule has 0 radical (unpaired) electrons. The van der Waals surface area contributed by atoms with Gasteiger partial charge in [0.25, 0.3) is 0 Å². The van der Waals surface area contributed by atoms with Crippen molar-refractivity contribution in [1.82, 2.24) is 0 Å². The van der Waals surface area contributed by atoms with Crippen LogP contribution in [0.3, 0.4) is 0 Å². The molecule has 1 saturated carbocycles. The molecular formula is C10H19F2N. The normalized spacial score (nSPS) is 38.5. The first-order valence-corrected chi connectivity index (χ1v) is 4.97. The maximum Gasteiger partial charge on any atom is 0.250 e. The first kappa shape index (κ1) is 10.9. The number of rotatable bonds is 2. The van der Waals surface area contributed by atoms with Gasteiger partial charge in [0.1, 0.15) is 0 Å². The standard InChI is InChI=1S/C10H19F2N/c1-4-9(7(2)3)6-10(11,12)5-8(9)13/h7-8H,4-6,13H2,1-3H3/t8-,9?/m1/s1. The molecule has 2 N–H and O–H groups in total. The lowest BCUT2D eigenvalue weighted by molar-refractivity contribution is -0.0108. The molecule has 0 aromatic carbocycles. The Hall–Kier alpha value is -0.180. The molecule has 78 valence electrons. The van der Waals surface area contributed by atoms with Crippen LogP contribution in [0.15, 0.2) is 0 Å². The van der Waals surface area contributed by atoms with E-state index in [1.54, 1.807) is 0 Å². The molecule has 0 aromatic rings. The number of nitrogens with two attached hydrogens (primary N) is 1. The summed E-state index contributed by atoms with van der Waals surface area (Å²) < 4.78 is 26.3. The molecule has 0 aliphatic heterocycles. The second-order valence-electron chi connectivity index (χ2n) is 4.58. The van der Waals surface area contributed by atoms with Gasteiger partial charge in [-0.25, -0.2) is 8.78 Å². The average molecular weight is 191 g/mol. The van der Waals surface area contributed by atoms with Gasteiger partial charge in [-0.1, -0.05) is 20.8 Å². The Labute approximate surface area is 78.7 Å². The minimum atomic E-state index is -2.54. The van der Waals surface area contributed by atoms with Crippen LogP contribution in [-0.2, 0) is 0 Å². The van der Waals surface area contributed by atoms with Crippen molar-refractivity contribution >= 4 is 0 Å². The van der Waals surface area contributed by atoms with Crippen molar-refractivity contribution in [3.8, 4) is 0 Å². The van der Waals surface area contributed by atoms with E-state index in [1.807, 2.05) is 20.8 Å². The maximum atomic E-state index is 13.2. The monoisotopic (exact) mass is 191 g/mol. The minimum absolute atomic E-state index is 0.0324. The van der Waals surface area contributed by atoms with E-state index < -0.39 is 5.92 Å². The largest absolute Gasteiger partial charge is 0.327 e. The fourth-order valence-corrected chi connectivity index (χ4v) is 2.64. The van der Waals surface area contributed by atoms with Crippen molar-refractivity contribution in [3.63, 3.8) is 0 Å². The predicted molar refractivity (Wildman–Crippen MR) is 49.7 cm³/mol. The van der Waals surface area contributed by atoms with Crippen molar-refractivity contribution in [2.45, 2.75) is 52.0 Å². The van der Waals surface area contributed by atoms with E-state index in [-0.39, 0.29) is 30.2 Å². The maximum absolute atomic E-state index is 13.2. The molecular weight excluding hydrogens is 172 g/mol. The molecule has 1 aliphatic carbocycles. The van der Waals surface area contributed by atoms with Crippen LogP contribution in [0.1, 0.15) is 40.0 Å². The summed E-state index contributed by atoms with van der Waals surface area (Å²) in [6.45, 7) is 5.94. The summed E-state index contributed by atoms with van der Waals surface area (Å²) in [6, 6.07) is -0.340. The van der Waals surface area contributed by atoms with Gasteiger partial charge in [-0.05, 0) is 17.8 Å². The zero-order valence-corrected chi connectivity index (χ0v) is 8.61. The van der Waals surface area contributed by atoms with Crippen LogP contribution in [0.5, 0.6) is 0 Å². The SMILES string of the molecule is CCC1(C(C)C)CC(F)(F)C[C@H]1N. The zero-order valence-electron chi connectivity index (χ0n) is 8.61. The van der Waals surface area contributed by atoms with Crippen LogP contribution in [0.2, 0.25) is 0 Å². The topological polar surface area (TPSA) is 26.0 Å². The third kappa shape index (κ3) is 1.71. The summed E-state index contributed by atoms with van der Waals surface area (Å²) in [6.07, 6.45) is 0.579. The summed E-state index contributed by atoms with van der Waals surface area (Å²) in [4.78, 5) is 0. The molecule has 1 nitrogen and oxygen atoms in total. The molecule has 0 bridgehead atoms. The van der Waals surface area contributed by atoms with E-state index in [1.165, 1.54) is 0 Å². The highest BCUT2D eigenvalue weighted by atomic mass is 19.3. The second kappa shape index (κ2) is 3.19. The van der Waals surface area contributed by atoms with Gasteiger partial charge in [-0.3, -0.25) is 0 Å². The van der Waals surface area contributed by atoms with Crippen molar-refractivity contribution in [2.24, 2.45) is 17.1 Å². The molecule has 2 atom stereocenters. The average Bonchev–Trinajstić information content (AvgIpc) is 2.21. The number of alkyl halides is 2. The first-order chi connectivity index (χ1) is 5.84. The Kier molecular flexibility index (Phi) is 2.68. The highest BCUT2D eigenvalue weighted by Gasteiger charge is 2.54. The summed E-state index contributed by atoms with van der Waals surface area (Å²) in [7, 11) is 0. The summed E-state index contributed by atoms with van der Waals surface area (Å²) in [5.41, 5.74) is 5.48. The number of halogens is 2. The van der Waals surface area contributed by atoms with E-state index in [0.29, 0.717) is 0 Å². The molecule has 1 rings (SSSR count). The smallest absolute Gasteiger partial charge is 0.250 e.